The van der Waals surface area contributed by atoms with E-state index in [4.69, 9.17) is 4.74 Å². The Labute approximate surface area is 112 Å². The molecule has 4 heteroatoms. The number of rotatable bonds is 2. The Hall–Kier alpha value is -2.10. The van der Waals surface area contributed by atoms with Crippen LogP contribution < -0.4 is 0 Å². The number of esters is 1. The van der Waals surface area contributed by atoms with Crippen molar-refractivity contribution < 1.29 is 14.3 Å². The largest absolute Gasteiger partial charge is 0.462 e. The molecule has 0 radical (unpaired) electrons. The molecule has 1 aromatic heterocycles. The van der Waals surface area contributed by atoms with Crippen molar-refractivity contribution in [2.75, 3.05) is 6.61 Å². The molecule has 4 nitrogen and oxygen atoms in total. The molecule has 2 rings (SSSR count). The molecule has 0 bridgehead atoms. The van der Waals surface area contributed by atoms with E-state index >= 15 is 0 Å². The summed E-state index contributed by atoms with van der Waals surface area (Å²) in [6.45, 7) is 7.51. The van der Waals surface area contributed by atoms with E-state index in [1.54, 1.807) is 29.7 Å². The lowest BCUT2D eigenvalue weighted by molar-refractivity contribution is 0.0526. The van der Waals surface area contributed by atoms with Crippen molar-refractivity contribution in [2.24, 2.45) is 0 Å². The van der Waals surface area contributed by atoms with Gasteiger partial charge in [-0.25, -0.2) is 4.79 Å². The summed E-state index contributed by atoms with van der Waals surface area (Å²) in [5.74, 6) is -0.364. The minimum absolute atomic E-state index is 0.0283. The number of aromatic nitrogens is 1. The van der Waals surface area contributed by atoms with E-state index in [0.29, 0.717) is 12.2 Å². The first-order chi connectivity index (χ1) is 8.97. The molecule has 0 aliphatic heterocycles. The second-order valence-corrected chi connectivity index (χ2v) is 4.52. The fourth-order valence-electron chi connectivity index (χ4n) is 2.32. The highest BCUT2D eigenvalue weighted by atomic mass is 16.5. The number of carbonyl (C=O) groups is 2. The van der Waals surface area contributed by atoms with Crippen LogP contribution in [0.1, 0.15) is 40.3 Å². The molecule has 0 atom stereocenters. The maximum Gasteiger partial charge on any atom is 0.338 e. The van der Waals surface area contributed by atoms with Gasteiger partial charge in [0, 0.05) is 18.0 Å². The molecule has 0 amide bonds. The molecule has 0 unspecified atom stereocenters. The zero-order chi connectivity index (χ0) is 14.2. The van der Waals surface area contributed by atoms with Crippen LogP contribution in [0.2, 0.25) is 0 Å². The molecule has 100 valence electrons. The van der Waals surface area contributed by atoms with Gasteiger partial charge in [0.1, 0.15) is 0 Å². The number of aryl methyl sites for hydroxylation is 1. The normalized spacial score (nSPS) is 10.7. The summed E-state index contributed by atoms with van der Waals surface area (Å²) < 4.78 is 6.65. The minimum atomic E-state index is -0.336. The van der Waals surface area contributed by atoms with E-state index in [9.17, 15) is 9.59 Å². The van der Waals surface area contributed by atoms with Crippen molar-refractivity contribution in [1.82, 2.24) is 4.57 Å². The molecule has 0 aliphatic carbocycles. The van der Waals surface area contributed by atoms with Crippen LogP contribution in [0.15, 0.2) is 18.2 Å². The van der Waals surface area contributed by atoms with E-state index in [0.717, 1.165) is 22.2 Å². The first-order valence-electron chi connectivity index (χ1n) is 6.27. The summed E-state index contributed by atoms with van der Waals surface area (Å²) in [6.07, 6.45) is 0. The average Bonchev–Trinajstić information content (AvgIpc) is 2.62. The Balaban J connectivity index is 2.65. The number of fused-ring (bicyclic) bond motifs is 1. The van der Waals surface area contributed by atoms with Crippen LogP contribution >= 0.6 is 0 Å². The van der Waals surface area contributed by atoms with Gasteiger partial charge in [0.05, 0.1) is 17.7 Å². The fourth-order valence-corrected chi connectivity index (χ4v) is 2.32. The highest BCUT2D eigenvalue weighted by Crippen LogP contribution is 2.26. The minimum Gasteiger partial charge on any atom is -0.462 e. The van der Waals surface area contributed by atoms with E-state index in [1.807, 2.05) is 13.8 Å². The Bertz CT molecular complexity index is 668. The van der Waals surface area contributed by atoms with E-state index in [1.165, 1.54) is 6.92 Å². The van der Waals surface area contributed by atoms with Gasteiger partial charge in [-0.2, -0.15) is 0 Å². The van der Waals surface area contributed by atoms with Crippen LogP contribution in [-0.4, -0.2) is 23.1 Å². The van der Waals surface area contributed by atoms with Crippen LogP contribution in [0.25, 0.3) is 10.9 Å². The van der Waals surface area contributed by atoms with Crippen LogP contribution in [-0.2, 0) is 4.74 Å². The molecular weight excluding hydrogens is 242 g/mol. The van der Waals surface area contributed by atoms with Gasteiger partial charge in [0.15, 0.2) is 0 Å². The summed E-state index contributed by atoms with van der Waals surface area (Å²) >= 11 is 0. The number of ether oxygens (including phenoxy) is 1. The molecule has 1 aromatic carbocycles. The van der Waals surface area contributed by atoms with Gasteiger partial charge in [-0.1, -0.05) is 0 Å². The molecule has 19 heavy (non-hydrogen) atoms. The predicted octanol–water partition coefficient (Wildman–Crippen LogP) is 3.09. The number of nitrogens with zero attached hydrogens (tertiary/aromatic N) is 1. The second kappa shape index (κ2) is 4.88. The lowest BCUT2D eigenvalue weighted by atomic mass is 10.1. The lowest BCUT2D eigenvalue weighted by Gasteiger charge is -2.04. The van der Waals surface area contributed by atoms with Gasteiger partial charge in [-0.3, -0.25) is 9.36 Å². The van der Waals surface area contributed by atoms with Gasteiger partial charge in [-0.05, 0) is 44.5 Å². The van der Waals surface area contributed by atoms with Crippen molar-refractivity contribution in [2.45, 2.75) is 27.7 Å². The first kappa shape index (κ1) is 13.3. The Morgan fingerprint density at radius 3 is 2.53 bits per heavy atom. The van der Waals surface area contributed by atoms with Crippen molar-refractivity contribution in [3.05, 3.63) is 35.0 Å². The molecule has 0 spiro atoms. The third-order valence-electron chi connectivity index (χ3n) is 3.35. The molecule has 1 heterocycles. The SMILES string of the molecule is CCOC(=O)c1ccc2c(c1)c(C)c(C)n2C(C)=O. The Morgan fingerprint density at radius 1 is 1.26 bits per heavy atom. The highest BCUT2D eigenvalue weighted by molar-refractivity contribution is 5.99. The molecule has 0 aliphatic rings. The molecule has 0 N–H and O–H groups in total. The molecule has 0 saturated carbocycles. The van der Waals surface area contributed by atoms with Gasteiger partial charge in [0.2, 0.25) is 5.91 Å². The van der Waals surface area contributed by atoms with Gasteiger partial charge >= 0.3 is 5.97 Å². The predicted molar refractivity (Wildman–Crippen MR) is 73.7 cm³/mol. The summed E-state index contributed by atoms with van der Waals surface area (Å²) in [6, 6.07) is 5.27. The average molecular weight is 259 g/mol. The van der Waals surface area contributed by atoms with E-state index < -0.39 is 0 Å². The zero-order valence-electron chi connectivity index (χ0n) is 11.6. The number of hydrogen-bond acceptors (Lipinski definition) is 3. The van der Waals surface area contributed by atoms with Gasteiger partial charge in [0.25, 0.3) is 0 Å². The highest BCUT2D eigenvalue weighted by Gasteiger charge is 2.16. The number of hydrogen-bond donors (Lipinski definition) is 0. The lowest BCUT2D eigenvalue weighted by Crippen LogP contribution is -2.07. The van der Waals surface area contributed by atoms with Crippen LogP contribution in [0.3, 0.4) is 0 Å². The van der Waals surface area contributed by atoms with Crippen molar-refractivity contribution in [3.8, 4) is 0 Å². The quantitative estimate of drug-likeness (QED) is 0.779. The number of carbonyl (C=O) groups excluding carboxylic acids is 2. The van der Waals surface area contributed by atoms with Crippen molar-refractivity contribution >= 4 is 22.8 Å². The Kier molecular flexibility index (Phi) is 3.42. The smallest absolute Gasteiger partial charge is 0.338 e. The van der Waals surface area contributed by atoms with Crippen LogP contribution in [0, 0.1) is 13.8 Å². The summed E-state index contributed by atoms with van der Waals surface area (Å²) in [7, 11) is 0. The molecule has 0 saturated heterocycles. The van der Waals surface area contributed by atoms with E-state index in [-0.39, 0.29) is 11.9 Å². The van der Waals surface area contributed by atoms with Crippen LogP contribution in [0.4, 0.5) is 0 Å². The standard InChI is InChI=1S/C15H17NO3/c1-5-19-15(18)12-6-7-14-13(8-12)9(2)10(3)16(14)11(4)17/h6-8H,5H2,1-4H3. The monoisotopic (exact) mass is 259 g/mol. The van der Waals surface area contributed by atoms with Gasteiger partial charge in [-0.15, -0.1) is 0 Å². The number of benzene rings is 1. The molecule has 0 fully saturated rings. The first-order valence-corrected chi connectivity index (χ1v) is 6.27. The summed E-state index contributed by atoms with van der Waals surface area (Å²) in [4.78, 5) is 23.4. The van der Waals surface area contributed by atoms with E-state index in [2.05, 4.69) is 0 Å². The maximum absolute atomic E-state index is 11.7. The third-order valence-corrected chi connectivity index (χ3v) is 3.35. The Morgan fingerprint density at radius 2 is 1.95 bits per heavy atom. The fraction of sp³-hybridized carbons (Fsp3) is 0.333. The summed E-state index contributed by atoms with van der Waals surface area (Å²) in [5.41, 5.74) is 3.26. The van der Waals surface area contributed by atoms with Crippen molar-refractivity contribution in [1.29, 1.82) is 0 Å². The zero-order valence-corrected chi connectivity index (χ0v) is 11.6. The third kappa shape index (κ3) is 2.14. The topological polar surface area (TPSA) is 48.3 Å². The van der Waals surface area contributed by atoms with Gasteiger partial charge < -0.3 is 4.74 Å². The summed E-state index contributed by atoms with van der Waals surface area (Å²) in [5, 5.41) is 0.915. The second-order valence-electron chi connectivity index (χ2n) is 4.52. The maximum atomic E-state index is 11.7. The van der Waals surface area contributed by atoms with Crippen LogP contribution in [0.5, 0.6) is 0 Å². The molecular formula is C15H17NO3. The van der Waals surface area contributed by atoms with Crippen molar-refractivity contribution in [3.63, 3.8) is 0 Å². The molecule has 2 aromatic rings.